The molecule has 7 heteroatoms. The van der Waals surface area contributed by atoms with E-state index in [1.54, 1.807) is 24.3 Å². The molecule has 0 radical (unpaired) electrons. The van der Waals surface area contributed by atoms with Gasteiger partial charge in [0.1, 0.15) is 10.6 Å². The van der Waals surface area contributed by atoms with Crippen LogP contribution in [0, 0.1) is 6.92 Å². The van der Waals surface area contributed by atoms with Gasteiger partial charge < -0.3 is 10.5 Å². The lowest BCUT2D eigenvalue weighted by Crippen LogP contribution is -2.14. The minimum Gasteiger partial charge on any atom is -0.495 e. The van der Waals surface area contributed by atoms with E-state index in [4.69, 9.17) is 22.1 Å². The molecule has 0 spiro atoms. The van der Waals surface area contributed by atoms with Gasteiger partial charge >= 0.3 is 0 Å². The first-order valence-electron chi connectivity index (χ1n) is 6.06. The van der Waals surface area contributed by atoms with E-state index in [1.807, 2.05) is 6.92 Å². The molecule has 3 N–H and O–H groups in total. The predicted octanol–water partition coefficient (Wildman–Crippen LogP) is 3.04. The van der Waals surface area contributed by atoms with Crippen LogP contribution in [-0.2, 0) is 10.0 Å². The monoisotopic (exact) mass is 326 g/mol. The van der Waals surface area contributed by atoms with Crippen molar-refractivity contribution in [2.24, 2.45) is 0 Å². The molecule has 0 bridgehead atoms. The predicted molar refractivity (Wildman–Crippen MR) is 84.4 cm³/mol. The summed E-state index contributed by atoms with van der Waals surface area (Å²) in [7, 11) is -2.46. The number of sulfonamides is 1. The van der Waals surface area contributed by atoms with Gasteiger partial charge in [0.05, 0.1) is 17.8 Å². The lowest BCUT2D eigenvalue weighted by Gasteiger charge is -2.13. The topological polar surface area (TPSA) is 81.4 Å². The fraction of sp³-hybridized carbons (Fsp3) is 0.143. The van der Waals surface area contributed by atoms with E-state index >= 15 is 0 Å². The molecule has 112 valence electrons. The zero-order valence-electron chi connectivity index (χ0n) is 11.6. The third-order valence-corrected chi connectivity index (χ3v) is 4.55. The highest BCUT2D eigenvalue weighted by atomic mass is 35.5. The Morgan fingerprint density at radius 2 is 1.90 bits per heavy atom. The van der Waals surface area contributed by atoms with Crippen LogP contribution in [0.15, 0.2) is 41.3 Å². The van der Waals surface area contributed by atoms with Crippen molar-refractivity contribution in [2.75, 3.05) is 17.6 Å². The van der Waals surface area contributed by atoms with Gasteiger partial charge in [0.2, 0.25) is 0 Å². The van der Waals surface area contributed by atoms with Gasteiger partial charge in [0.25, 0.3) is 10.0 Å². The third-order valence-electron chi connectivity index (χ3n) is 2.85. The van der Waals surface area contributed by atoms with Gasteiger partial charge in [-0.15, -0.1) is 0 Å². The highest BCUT2D eigenvalue weighted by Gasteiger charge is 2.21. The van der Waals surface area contributed by atoms with E-state index in [0.29, 0.717) is 16.4 Å². The summed E-state index contributed by atoms with van der Waals surface area (Å²) < 4.78 is 32.4. The van der Waals surface area contributed by atoms with Crippen LogP contribution in [0.1, 0.15) is 5.56 Å². The van der Waals surface area contributed by atoms with Crippen LogP contribution in [-0.4, -0.2) is 15.5 Å². The summed E-state index contributed by atoms with van der Waals surface area (Å²) in [6, 6.07) is 9.45. The Hall–Kier alpha value is -1.92. The van der Waals surface area contributed by atoms with Gasteiger partial charge in [-0.2, -0.15) is 0 Å². The zero-order chi connectivity index (χ0) is 15.6. The second kappa shape index (κ2) is 5.83. The molecule has 0 aliphatic rings. The summed E-state index contributed by atoms with van der Waals surface area (Å²) in [5.74, 6) is 0.208. The first-order valence-corrected chi connectivity index (χ1v) is 7.92. The highest BCUT2D eigenvalue weighted by molar-refractivity contribution is 7.92. The van der Waals surface area contributed by atoms with E-state index in [-0.39, 0.29) is 10.6 Å². The molecular formula is C14H15ClN2O3S. The molecule has 0 atom stereocenters. The average molecular weight is 327 g/mol. The van der Waals surface area contributed by atoms with E-state index in [9.17, 15) is 8.42 Å². The molecule has 0 aliphatic carbocycles. The Kier molecular flexibility index (Phi) is 4.29. The number of nitrogens with two attached hydrogens (primary N) is 1. The molecule has 2 aromatic rings. The molecule has 0 saturated carbocycles. The van der Waals surface area contributed by atoms with E-state index < -0.39 is 10.0 Å². The molecule has 0 saturated heterocycles. The normalized spacial score (nSPS) is 11.2. The second-order valence-corrected chi connectivity index (χ2v) is 6.56. The standard InChI is InChI=1S/C14H15ClN2O3S/c1-9-3-5-12(11(15)7-9)17-21(18,19)14-8-10(16)4-6-13(14)20-2/h3-8,17H,16H2,1-2H3. The van der Waals surface area contributed by atoms with Crippen LogP contribution < -0.4 is 15.2 Å². The van der Waals surface area contributed by atoms with Crippen molar-refractivity contribution in [3.63, 3.8) is 0 Å². The maximum atomic E-state index is 12.5. The van der Waals surface area contributed by atoms with Gasteiger partial charge in [-0.25, -0.2) is 8.42 Å². The van der Waals surface area contributed by atoms with Crippen molar-refractivity contribution >= 4 is 33.0 Å². The van der Waals surface area contributed by atoms with Crippen molar-refractivity contribution in [2.45, 2.75) is 11.8 Å². The summed E-state index contributed by atoms with van der Waals surface area (Å²) in [6.45, 7) is 1.87. The number of hydrogen-bond acceptors (Lipinski definition) is 4. The third kappa shape index (κ3) is 3.40. The van der Waals surface area contributed by atoms with Crippen molar-refractivity contribution < 1.29 is 13.2 Å². The first-order chi connectivity index (χ1) is 9.83. The maximum Gasteiger partial charge on any atom is 0.265 e. The molecule has 0 amide bonds. The molecule has 0 aromatic heterocycles. The number of ether oxygens (including phenoxy) is 1. The van der Waals surface area contributed by atoms with Gasteiger partial charge in [-0.3, -0.25) is 4.72 Å². The van der Waals surface area contributed by atoms with Gasteiger partial charge in [0, 0.05) is 5.69 Å². The summed E-state index contributed by atoms with van der Waals surface area (Å²) >= 11 is 6.05. The molecule has 5 nitrogen and oxygen atoms in total. The Labute approximate surface area is 128 Å². The number of rotatable bonds is 4. The number of aryl methyl sites for hydroxylation is 1. The molecule has 2 rings (SSSR count). The van der Waals surface area contributed by atoms with Crippen LogP contribution in [0.5, 0.6) is 5.75 Å². The minimum absolute atomic E-state index is 0.0401. The first kappa shape index (κ1) is 15.5. The van der Waals surface area contributed by atoms with Gasteiger partial charge in [-0.1, -0.05) is 17.7 Å². The summed E-state index contributed by atoms with van der Waals surface area (Å²) in [5, 5.41) is 0.321. The van der Waals surface area contributed by atoms with Crippen molar-refractivity contribution in [1.82, 2.24) is 0 Å². The van der Waals surface area contributed by atoms with E-state index in [2.05, 4.69) is 4.72 Å². The summed E-state index contributed by atoms with van der Waals surface area (Å²) in [5.41, 5.74) is 7.21. The molecule has 0 unspecified atom stereocenters. The number of hydrogen-bond donors (Lipinski definition) is 2. The van der Waals surface area contributed by atoms with E-state index in [1.165, 1.54) is 19.2 Å². The SMILES string of the molecule is COc1ccc(N)cc1S(=O)(=O)Nc1ccc(C)cc1Cl. The maximum absolute atomic E-state index is 12.5. The smallest absolute Gasteiger partial charge is 0.265 e. The van der Waals surface area contributed by atoms with Gasteiger partial charge in [0.15, 0.2) is 0 Å². The van der Waals surface area contributed by atoms with Gasteiger partial charge in [-0.05, 0) is 42.8 Å². The molecule has 2 aromatic carbocycles. The fourth-order valence-corrected chi connectivity index (χ4v) is 3.43. The van der Waals surface area contributed by atoms with Crippen molar-refractivity contribution in [1.29, 1.82) is 0 Å². The second-order valence-electron chi connectivity index (χ2n) is 4.50. The van der Waals surface area contributed by atoms with Crippen molar-refractivity contribution in [3.8, 4) is 5.75 Å². The largest absolute Gasteiger partial charge is 0.495 e. The fourth-order valence-electron chi connectivity index (χ4n) is 1.81. The van der Waals surface area contributed by atoms with Crippen LogP contribution >= 0.6 is 11.6 Å². The van der Waals surface area contributed by atoms with Crippen LogP contribution in [0.2, 0.25) is 5.02 Å². The van der Waals surface area contributed by atoms with Crippen LogP contribution in [0.25, 0.3) is 0 Å². The lowest BCUT2D eigenvalue weighted by molar-refractivity contribution is 0.403. The summed E-state index contributed by atoms with van der Waals surface area (Å²) in [4.78, 5) is -0.0401. The Morgan fingerprint density at radius 1 is 1.19 bits per heavy atom. The summed E-state index contributed by atoms with van der Waals surface area (Å²) in [6.07, 6.45) is 0. The quantitative estimate of drug-likeness (QED) is 0.846. The minimum atomic E-state index is -3.85. The number of benzene rings is 2. The van der Waals surface area contributed by atoms with Crippen LogP contribution in [0.3, 0.4) is 0 Å². The number of halogens is 1. The molecule has 0 aliphatic heterocycles. The van der Waals surface area contributed by atoms with E-state index in [0.717, 1.165) is 5.56 Å². The number of nitrogen functional groups attached to an aromatic ring is 1. The number of nitrogens with one attached hydrogen (secondary N) is 1. The highest BCUT2D eigenvalue weighted by Crippen LogP contribution is 2.30. The number of anilines is 2. The lowest BCUT2D eigenvalue weighted by atomic mass is 10.2. The molecule has 0 heterocycles. The van der Waals surface area contributed by atoms with Crippen molar-refractivity contribution in [3.05, 3.63) is 47.0 Å². The number of methoxy groups -OCH3 is 1. The molecule has 0 fully saturated rings. The average Bonchev–Trinajstić information content (AvgIpc) is 2.42. The molecular weight excluding hydrogens is 312 g/mol. The van der Waals surface area contributed by atoms with Crippen LogP contribution in [0.4, 0.5) is 11.4 Å². The Morgan fingerprint density at radius 3 is 2.52 bits per heavy atom. The molecule has 21 heavy (non-hydrogen) atoms. The Balaban J connectivity index is 2.45. The zero-order valence-corrected chi connectivity index (χ0v) is 13.1. The Bertz CT molecular complexity index is 776.